The zero-order chi connectivity index (χ0) is 14.7. The minimum absolute atomic E-state index is 0. The average Bonchev–Trinajstić information content (AvgIpc) is 3.04. The van der Waals surface area contributed by atoms with Crippen LogP contribution in [-0.4, -0.2) is 50.3 Å². The third-order valence-electron chi connectivity index (χ3n) is 3.15. The summed E-state index contributed by atoms with van der Waals surface area (Å²) in [5.74, 6) is 1.66. The van der Waals surface area contributed by atoms with Crippen LogP contribution in [0.2, 0.25) is 0 Å². The number of benzene rings is 1. The molecule has 22 heavy (non-hydrogen) atoms. The molecule has 2 heterocycles. The Bertz CT molecular complexity index is 634. The van der Waals surface area contributed by atoms with E-state index in [9.17, 15) is 0 Å². The van der Waals surface area contributed by atoms with Gasteiger partial charge in [-0.2, -0.15) is 0 Å². The lowest BCUT2D eigenvalue weighted by Gasteiger charge is -2.13. The lowest BCUT2D eigenvalue weighted by atomic mass is 10.2. The van der Waals surface area contributed by atoms with E-state index in [2.05, 4.69) is 9.97 Å². The van der Waals surface area contributed by atoms with E-state index in [1.54, 1.807) is 26.4 Å². The van der Waals surface area contributed by atoms with E-state index < -0.39 is 0 Å². The van der Waals surface area contributed by atoms with Gasteiger partial charge in [0.15, 0.2) is 17.8 Å². The molecule has 3 rings (SSSR count). The van der Waals surface area contributed by atoms with Crippen molar-refractivity contribution in [1.29, 1.82) is 0 Å². The molecule has 1 fully saturated rings. The molecule has 1 aliphatic rings. The first-order valence-electron chi connectivity index (χ1n) is 6.54. The van der Waals surface area contributed by atoms with Gasteiger partial charge in [-0.1, -0.05) is 0 Å². The van der Waals surface area contributed by atoms with Gasteiger partial charge in [-0.15, -0.1) is 12.4 Å². The van der Waals surface area contributed by atoms with E-state index in [1.165, 1.54) is 6.33 Å². The minimum atomic E-state index is -0.352. The molecule has 2 aromatic rings. The highest BCUT2D eigenvalue weighted by Crippen LogP contribution is 2.34. The third-order valence-corrected chi connectivity index (χ3v) is 3.15. The molecule has 0 N–H and O–H groups in total. The quantitative estimate of drug-likeness (QED) is 0.829. The maximum Gasteiger partial charge on any atom is 0.224 e. The maximum atomic E-state index is 5.68. The molecule has 0 atom stereocenters. The normalized spacial score (nSPS) is 14.6. The van der Waals surface area contributed by atoms with E-state index in [4.69, 9.17) is 23.7 Å². The number of methoxy groups -OCH3 is 2. The van der Waals surface area contributed by atoms with Gasteiger partial charge in [-0.25, -0.2) is 9.97 Å². The van der Waals surface area contributed by atoms with Gasteiger partial charge in [-0.3, -0.25) is 0 Å². The number of hydrogen-bond acceptors (Lipinski definition) is 7. The summed E-state index contributed by atoms with van der Waals surface area (Å²) in [6.07, 6.45) is 1.09. The molecule has 1 saturated heterocycles. The predicted octanol–water partition coefficient (Wildman–Crippen LogP) is 1.82. The Balaban J connectivity index is 0.00000176. The van der Waals surface area contributed by atoms with Crippen LogP contribution < -0.4 is 14.2 Å². The summed E-state index contributed by atoms with van der Waals surface area (Å²) in [7, 11) is 3.16. The van der Waals surface area contributed by atoms with Crippen molar-refractivity contribution in [2.45, 2.75) is 6.29 Å². The standard InChI is InChI=1S/C14H16N2O5.ClH/c1-17-11-5-9-10(6-12(11)18-2)15-8-16-14(9)21-7-13-19-3-4-20-13;/h5-6,8,13H,3-4,7H2,1-2H3;1H. The first kappa shape index (κ1) is 16.5. The molecule has 0 saturated carbocycles. The van der Waals surface area contributed by atoms with Crippen LogP contribution in [0, 0.1) is 0 Å². The number of ether oxygens (including phenoxy) is 5. The Labute approximate surface area is 133 Å². The third kappa shape index (κ3) is 3.32. The minimum Gasteiger partial charge on any atom is -0.493 e. The fourth-order valence-electron chi connectivity index (χ4n) is 2.12. The molecule has 0 aliphatic carbocycles. The van der Waals surface area contributed by atoms with Crippen LogP contribution in [0.3, 0.4) is 0 Å². The first-order valence-corrected chi connectivity index (χ1v) is 6.54. The van der Waals surface area contributed by atoms with Gasteiger partial charge in [-0.05, 0) is 6.07 Å². The highest BCUT2D eigenvalue weighted by Gasteiger charge is 2.18. The van der Waals surface area contributed by atoms with Crippen LogP contribution in [0.15, 0.2) is 18.5 Å². The number of rotatable bonds is 5. The molecular weight excluding hydrogens is 312 g/mol. The molecule has 0 unspecified atom stereocenters. The molecule has 120 valence electrons. The molecule has 7 nitrogen and oxygen atoms in total. The fourth-order valence-corrected chi connectivity index (χ4v) is 2.12. The number of hydrogen-bond donors (Lipinski definition) is 0. The Hall–Kier alpha value is -1.83. The highest BCUT2D eigenvalue weighted by molar-refractivity contribution is 5.86. The van der Waals surface area contributed by atoms with Gasteiger partial charge in [0, 0.05) is 6.07 Å². The van der Waals surface area contributed by atoms with Crippen molar-refractivity contribution in [1.82, 2.24) is 9.97 Å². The van der Waals surface area contributed by atoms with Crippen LogP contribution in [0.4, 0.5) is 0 Å². The summed E-state index contributed by atoms with van der Waals surface area (Å²) >= 11 is 0. The molecule has 0 bridgehead atoms. The van der Waals surface area contributed by atoms with E-state index in [0.717, 1.165) is 5.39 Å². The molecule has 1 aromatic carbocycles. The van der Waals surface area contributed by atoms with Gasteiger partial charge in [0.25, 0.3) is 0 Å². The lowest BCUT2D eigenvalue weighted by Crippen LogP contribution is -2.18. The average molecular weight is 329 g/mol. The van der Waals surface area contributed by atoms with Crippen molar-refractivity contribution in [2.75, 3.05) is 34.0 Å². The summed E-state index contributed by atoms with van der Waals surface area (Å²) < 4.78 is 26.9. The summed E-state index contributed by atoms with van der Waals surface area (Å²) in [6, 6.07) is 3.57. The monoisotopic (exact) mass is 328 g/mol. The Morgan fingerprint density at radius 2 is 1.77 bits per heavy atom. The molecule has 8 heteroatoms. The second kappa shape index (κ2) is 7.44. The van der Waals surface area contributed by atoms with Crippen LogP contribution in [0.1, 0.15) is 0 Å². The summed E-state index contributed by atoms with van der Waals surface area (Å²) in [5.41, 5.74) is 0.714. The van der Waals surface area contributed by atoms with Crippen molar-refractivity contribution in [2.24, 2.45) is 0 Å². The topological polar surface area (TPSA) is 71.9 Å². The zero-order valence-corrected chi connectivity index (χ0v) is 13.1. The summed E-state index contributed by atoms with van der Waals surface area (Å²) in [6.45, 7) is 1.45. The van der Waals surface area contributed by atoms with Gasteiger partial charge < -0.3 is 23.7 Å². The van der Waals surface area contributed by atoms with Crippen molar-refractivity contribution < 1.29 is 23.7 Å². The maximum absolute atomic E-state index is 5.68. The van der Waals surface area contributed by atoms with Crippen LogP contribution >= 0.6 is 12.4 Å². The van der Waals surface area contributed by atoms with Crippen LogP contribution in [0.5, 0.6) is 17.4 Å². The molecule has 0 spiro atoms. The number of aromatic nitrogens is 2. The predicted molar refractivity (Wildman–Crippen MR) is 81.1 cm³/mol. The molecule has 1 aliphatic heterocycles. The largest absolute Gasteiger partial charge is 0.493 e. The van der Waals surface area contributed by atoms with Crippen molar-refractivity contribution >= 4 is 23.3 Å². The number of halogens is 1. The smallest absolute Gasteiger partial charge is 0.224 e. The Morgan fingerprint density at radius 1 is 1.09 bits per heavy atom. The summed E-state index contributed by atoms with van der Waals surface area (Å²) in [5, 5.41) is 0.744. The van der Waals surface area contributed by atoms with Crippen molar-refractivity contribution in [3.8, 4) is 17.4 Å². The lowest BCUT2D eigenvalue weighted by molar-refractivity contribution is -0.0689. The SMILES string of the molecule is COc1cc2ncnc(OCC3OCCO3)c2cc1OC.Cl. The number of nitrogens with zero attached hydrogens (tertiary/aromatic N) is 2. The second-order valence-corrected chi connectivity index (χ2v) is 4.39. The first-order chi connectivity index (χ1) is 10.3. The molecule has 0 radical (unpaired) electrons. The Morgan fingerprint density at radius 3 is 2.45 bits per heavy atom. The van der Waals surface area contributed by atoms with Gasteiger partial charge >= 0.3 is 0 Å². The summed E-state index contributed by atoms with van der Waals surface area (Å²) in [4.78, 5) is 8.37. The molecular formula is C14H17ClN2O5. The zero-order valence-electron chi connectivity index (χ0n) is 12.3. The van der Waals surface area contributed by atoms with Crippen molar-refractivity contribution in [3.05, 3.63) is 18.5 Å². The molecule has 1 aromatic heterocycles. The Kier molecular flexibility index (Phi) is 5.59. The molecule has 0 amide bonds. The second-order valence-electron chi connectivity index (χ2n) is 4.39. The van der Waals surface area contributed by atoms with E-state index >= 15 is 0 Å². The van der Waals surface area contributed by atoms with E-state index in [1.807, 2.05) is 0 Å². The van der Waals surface area contributed by atoms with Crippen molar-refractivity contribution in [3.63, 3.8) is 0 Å². The highest BCUT2D eigenvalue weighted by atomic mass is 35.5. The van der Waals surface area contributed by atoms with Crippen LogP contribution in [-0.2, 0) is 9.47 Å². The van der Waals surface area contributed by atoms with Gasteiger partial charge in [0.05, 0.1) is 38.3 Å². The van der Waals surface area contributed by atoms with E-state index in [0.29, 0.717) is 36.1 Å². The van der Waals surface area contributed by atoms with Gasteiger partial charge in [0.2, 0.25) is 5.88 Å². The van der Waals surface area contributed by atoms with E-state index in [-0.39, 0.29) is 25.3 Å². The number of fused-ring (bicyclic) bond motifs is 1. The van der Waals surface area contributed by atoms with Crippen LogP contribution in [0.25, 0.3) is 10.9 Å². The fraction of sp³-hybridized carbons (Fsp3) is 0.429. The van der Waals surface area contributed by atoms with Gasteiger partial charge in [0.1, 0.15) is 12.9 Å².